The van der Waals surface area contributed by atoms with Crippen molar-refractivity contribution in [1.82, 2.24) is 4.90 Å². The van der Waals surface area contributed by atoms with Crippen LogP contribution in [0.25, 0.3) is 5.70 Å². The standard InChI is InChI=1S/C15H15Cl2N/c1-4-18-11(3)10(2)5-8-15(18)13-7-6-12(16)9-14(13)17/h5-9H,3-4H2,1-2H3. The molecule has 0 saturated carbocycles. The molecule has 2 rings (SSSR count). The summed E-state index contributed by atoms with van der Waals surface area (Å²) in [5.41, 5.74) is 4.23. The van der Waals surface area contributed by atoms with Crippen molar-refractivity contribution >= 4 is 28.9 Å². The molecule has 0 radical (unpaired) electrons. The van der Waals surface area contributed by atoms with Crippen LogP contribution in [0.15, 0.2) is 48.2 Å². The van der Waals surface area contributed by atoms with Gasteiger partial charge >= 0.3 is 0 Å². The summed E-state index contributed by atoms with van der Waals surface area (Å²) in [6.07, 6.45) is 4.14. The first-order valence-electron chi connectivity index (χ1n) is 5.85. The van der Waals surface area contributed by atoms with E-state index in [1.807, 2.05) is 12.1 Å². The average Bonchev–Trinajstić information content (AvgIpc) is 2.33. The van der Waals surface area contributed by atoms with Crippen molar-refractivity contribution in [3.05, 3.63) is 63.8 Å². The zero-order valence-electron chi connectivity index (χ0n) is 10.5. The third-order valence-electron chi connectivity index (χ3n) is 3.09. The molecule has 1 aromatic carbocycles. The Hall–Kier alpha value is -1.18. The van der Waals surface area contributed by atoms with Gasteiger partial charge in [0.1, 0.15) is 0 Å². The monoisotopic (exact) mass is 279 g/mol. The van der Waals surface area contributed by atoms with Gasteiger partial charge in [0.2, 0.25) is 0 Å². The first kappa shape index (κ1) is 13.3. The maximum Gasteiger partial charge on any atom is 0.0514 e. The van der Waals surface area contributed by atoms with Crippen LogP contribution in [-0.4, -0.2) is 11.4 Å². The second-order valence-corrected chi connectivity index (χ2v) is 5.06. The van der Waals surface area contributed by atoms with Crippen LogP contribution in [0.4, 0.5) is 0 Å². The van der Waals surface area contributed by atoms with Gasteiger partial charge in [-0.2, -0.15) is 0 Å². The number of benzene rings is 1. The van der Waals surface area contributed by atoms with E-state index in [2.05, 4.69) is 37.5 Å². The van der Waals surface area contributed by atoms with Crippen molar-refractivity contribution in [3.8, 4) is 0 Å². The molecule has 0 aromatic heterocycles. The van der Waals surface area contributed by atoms with Crippen molar-refractivity contribution in [2.45, 2.75) is 13.8 Å². The Morgan fingerprint density at radius 2 is 1.94 bits per heavy atom. The van der Waals surface area contributed by atoms with E-state index in [4.69, 9.17) is 23.2 Å². The number of allylic oxidation sites excluding steroid dienone is 3. The molecule has 1 nitrogen and oxygen atoms in total. The van der Waals surface area contributed by atoms with Gasteiger partial charge in [0.05, 0.1) is 5.02 Å². The van der Waals surface area contributed by atoms with Crippen LogP contribution >= 0.6 is 23.2 Å². The van der Waals surface area contributed by atoms with Gasteiger partial charge in [-0.25, -0.2) is 0 Å². The first-order chi connectivity index (χ1) is 8.54. The zero-order chi connectivity index (χ0) is 13.3. The van der Waals surface area contributed by atoms with Crippen molar-refractivity contribution in [2.24, 2.45) is 0 Å². The number of likely N-dealkylation sites (N-methyl/N-ethyl adjacent to an activating group) is 1. The van der Waals surface area contributed by atoms with Crippen molar-refractivity contribution in [2.75, 3.05) is 6.54 Å². The molecule has 0 spiro atoms. The highest BCUT2D eigenvalue weighted by molar-refractivity contribution is 6.35. The van der Waals surface area contributed by atoms with Gasteiger partial charge < -0.3 is 4.90 Å². The van der Waals surface area contributed by atoms with Gasteiger partial charge in [-0.05, 0) is 43.7 Å². The van der Waals surface area contributed by atoms with Gasteiger partial charge in [-0.3, -0.25) is 0 Å². The lowest BCUT2D eigenvalue weighted by atomic mass is 10.0. The molecular formula is C15H15Cl2N. The Balaban J connectivity index is 2.52. The molecule has 0 aliphatic carbocycles. The Morgan fingerprint density at radius 3 is 2.56 bits per heavy atom. The molecule has 0 N–H and O–H groups in total. The van der Waals surface area contributed by atoms with E-state index in [0.29, 0.717) is 10.0 Å². The Labute approximate surface area is 118 Å². The third-order valence-corrected chi connectivity index (χ3v) is 3.63. The number of rotatable bonds is 2. The maximum atomic E-state index is 6.27. The fourth-order valence-corrected chi connectivity index (χ4v) is 2.55. The summed E-state index contributed by atoms with van der Waals surface area (Å²) in [6, 6.07) is 5.56. The molecule has 0 fully saturated rings. The van der Waals surface area contributed by atoms with Crippen LogP contribution in [-0.2, 0) is 0 Å². The largest absolute Gasteiger partial charge is 0.342 e. The molecule has 18 heavy (non-hydrogen) atoms. The minimum Gasteiger partial charge on any atom is -0.342 e. The molecule has 0 bridgehead atoms. The summed E-state index contributed by atoms with van der Waals surface area (Å²) >= 11 is 12.2. The molecule has 0 amide bonds. The second-order valence-electron chi connectivity index (χ2n) is 4.22. The molecule has 1 aliphatic heterocycles. The maximum absolute atomic E-state index is 6.27. The highest BCUT2D eigenvalue weighted by atomic mass is 35.5. The number of nitrogens with zero attached hydrogens (tertiary/aromatic N) is 1. The molecule has 1 heterocycles. The summed E-state index contributed by atoms with van der Waals surface area (Å²) in [4.78, 5) is 2.16. The Kier molecular flexibility index (Phi) is 3.84. The second kappa shape index (κ2) is 5.21. The van der Waals surface area contributed by atoms with Gasteiger partial charge in [-0.15, -0.1) is 0 Å². The molecule has 0 unspecified atom stereocenters. The Morgan fingerprint density at radius 1 is 1.22 bits per heavy atom. The lowest BCUT2D eigenvalue weighted by molar-refractivity contribution is 0.522. The fourth-order valence-electron chi connectivity index (χ4n) is 2.04. The quantitative estimate of drug-likeness (QED) is 0.726. The Bertz CT molecular complexity index is 556. The number of hydrogen-bond acceptors (Lipinski definition) is 1. The lowest BCUT2D eigenvalue weighted by Gasteiger charge is -2.31. The van der Waals surface area contributed by atoms with Gasteiger partial charge in [0.15, 0.2) is 0 Å². The van der Waals surface area contributed by atoms with E-state index in [1.54, 1.807) is 6.07 Å². The topological polar surface area (TPSA) is 3.24 Å². The molecular weight excluding hydrogens is 265 g/mol. The van der Waals surface area contributed by atoms with Crippen LogP contribution in [0, 0.1) is 0 Å². The molecule has 3 heteroatoms. The van der Waals surface area contributed by atoms with Crippen molar-refractivity contribution in [3.63, 3.8) is 0 Å². The van der Waals surface area contributed by atoms with E-state index in [1.165, 1.54) is 5.57 Å². The summed E-state index contributed by atoms with van der Waals surface area (Å²) in [5.74, 6) is 0. The number of hydrogen-bond donors (Lipinski definition) is 0. The smallest absolute Gasteiger partial charge is 0.0514 e. The van der Waals surface area contributed by atoms with Gasteiger partial charge in [0.25, 0.3) is 0 Å². The van der Waals surface area contributed by atoms with E-state index >= 15 is 0 Å². The van der Waals surface area contributed by atoms with Gasteiger partial charge in [-0.1, -0.05) is 35.9 Å². The zero-order valence-corrected chi connectivity index (χ0v) is 12.0. The molecule has 0 saturated heterocycles. The highest BCUT2D eigenvalue weighted by Gasteiger charge is 2.19. The van der Waals surface area contributed by atoms with Crippen LogP contribution < -0.4 is 0 Å². The third kappa shape index (κ3) is 2.33. The van der Waals surface area contributed by atoms with Gasteiger partial charge in [0, 0.05) is 28.5 Å². The molecule has 1 aliphatic rings. The van der Waals surface area contributed by atoms with E-state index < -0.39 is 0 Å². The molecule has 94 valence electrons. The molecule has 0 atom stereocenters. The summed E-state index contributed by atoms with van der Waals surface area (Å²) < 4.78 is 0. The average molecular weight is 280 g/mol. The predicted octanol–water partition coefficient (Wildman–Crippen LogP) is 5.13. The SMILES string of the molecule is C=C1C(C)=CC=C(c2ccc(Cl)cc2Cl)N1CC. The lowest BCUT2D eigenvalue weighted by Crippen LogP contribution is -2.23. The van der Waals surface area contributed by atoms with E-state index in [0.717, 1.165) is 23.5 Å². The predicted molar refractivity (Wildman–Crippen MR) is 79.7 cm³/mol. The minimum absolute atomic E-state index is 0.647. The van der Waals surface area contributed by atoms with Crippen LogP contribution in [0.3, 0.4) is 0 Å². The summed E-state index contributed by atoms with van der Waals surface area (Å²) in [7, 11) is 0. The van der Waals surface area contributed by atoms with Crippen molar-refractivity contribution < 1.29 is 0 Å². The number of halogens is 2. The fraction of sp³-hybridized carbons (Fsp3) is 0.200. The molecule has 1 aromatic rings. The van der Waals surface area contributed by atoms with E-state index in [9.17, 15) is 0 Å². The van der Waals surface area contributed by atoms with Crippen LogP contribution in [0.5, 0.6) is 0 Å². The van der Waals surface area contributed by atoms with Crippen LogP contribution in [0.2, 0.25) is 10.0 Å². The normalized spacial score (nSPS) is 15.6. The minimum atomic E-state index is 0.647. The van der Waals surface area contributed by atoms with E-state index in [-0.39, 0.29) is 0 Å². The highest BCUT2D eigenvalue weighted by Crippen LogP contribution is 2.34. The summed E-state index contributed by atoms with van der Waals surface area (Å²) in [6.45, 7) is 9.13. The summed E-state index contributed by atoms with van der Waals surface area (Å²) in [5, 5.41) is 1.31. The van der Waals surface area contributed by atoms with Crippen LogP contribution in [0.1, 0.15) is 19.4 Å². The van der Waals surface area contributed by atoms with Crippen molar-refractivity contribution in [1.29, 1.82) is 0 Å². The first-order valence-corrected chi connectivity index (χ1v) is 6.61.